The lowest BCUT2D eigenvalue weighted by atomic mass is 9.98. The summed E-state index contributed by atoms with van der Waals surface area (Å²) in [6, 6.07) is 20.2. The molecule has 0 unspecified atom stereocenters. The van der Waals surface area contributed by atoms with Crippen molar-refractivity contribution in [3.63, 3.8) is 0 Å². The fourth-order valence-corrected chi connectivity index (χ4v) is 3.93. The Morgan fingerprint density at radius 3 is 2.57 bits per heavy atom. The minimum atomic E-state index is -0.0763. The molecule has 0 saturated carbocycles. The molecule has 0 radical (unpaired) electrons. The van der Waals surface area contributed by atoms with Crippen LogP contribution in [0.15, 0.2) is 60.7 Å². The van der Waals surface area contributed by atoms with E-state index in [1.165, 1.54) is 10.1 Å². The number of hydrogen-bond acceptors (Lipinski definition) is 2. The average molecular weight is 323 g/mol. The molecule has 1 amide bonds. The predicted octanol–water partition coefficient (Wildman–Crippen LogP) is 5.81. The van der Waals surface area contributed by atoms with Crippen LogP contribution in [0.4, 0.5) is 5.69 Å². The van der Waals surface area contributed by atoms with Crippen molar-refractivity contribution in [1.29, 1.82) is 0 Å². The molecule has 0 fully saturated rings. The first-order valence-electron chi connectivity index (χ1n) is 8.12. The van der Waals surface area contributed by atoms with Crippen LogP contribution in [0.1, 0.15) is 37.0 Å². The van der Waals surface area contributed by atoms with Crippen LogP contribution >= 0.6 is 11.3 Å². The van der Waals surface area contributed by atoms with Crippen molar-refractivity contribution in [3.05, 3.63) is 65.5 Å². The summed E-state index contributed by atoms with van der Waals surface area (Å²) >= 11 is 1.73. The highest BCUT2D eigenvalue weighted by Crippen LogP contribution is 2.34. The summed E-state index contributed by atoms with van der Waals surface area (Å²) in [5.74, 6) is 0.0174. The smallest absolute Gasteiger partial charge is 0.232 e. The summed E-state index contributed by atoms with van der Waals surface area (Å²) in [6.07, 6.45) is 3.04. The van der Waals surface area contributed by atoms with E-state index in [4.69, 9.17) is 0 Å². The molecule has 23 heavy (non-hydrogen) atoms. The molecule has 0 aliphatic carbocycles. The van der Waals surface area contributed by atoms with Gasteiger partial charge in [-0.05, 0) is 36.1 Å². The Balaban J connectivity index is 1.85. The summed E-state index contributed by atoms with van der Waals surface area (Å²) < 4.78 is 1.25. The number of carbonyl (C=O) groups is 1. The number of unbranched alkanes of at least 4 members (excludes halogenated alkanes) is 1. The maximum Gasteiger partial charge on any atom is 0.232 e. The number of benzene rings is 2. The summed E-state index contributed by atoms with van der Waals surface area (Å²) in [7, 11) is 0. The van der Waals surface area contributed by atoms with Gasteiger partial charge in [-0.15, -0.1) is 11.3 Å². The molecule has 0 saturated heterocycles. The maximum absolute atomic E-state index is 12.8. The molecule has 1 aromatic heterocycles. The third kappa shape index (κ3) is 3.80. The van der Waals surface area contributed by atoms with Gasteiger partial charge in [0.25, 0.3) is 0 Å². The number of anilines is 1. The van der Waals surface area contributed by atoms with Crippen LogP contribution in [0.5, 0.6) is 0 Å². The van der Waals surface area contributed by atoms with Crippen molar-refractivity contribution >= 4 is 33.0 Å². The van der Waals surface area contributed by atoms with Crippen LogP contribution < -0.4 is 5.32 Å². The third-order valence-electron chi connectivity index (χ3n) is 3.99. The second-order valence-corrected chi connectivity index (χ2v) is 6.85. The minimum absolute atomic E-state index is 0.0763. The Morgan fingerprint density at radius 1 is 1.09 bits per heavy atom. The molecule has 3 rings (SSSR count). The van der Waals surface area contributed by atoms with E-state index in [1.54, 1.807) is 11.3 Å². The van der Waals surface area contributed by atoms with Crippen LogP contribution in [-0.4, -0.2) is 5.91 Å². The Kier molecular flexibility index (Phi) is 5.09. The number of hydrogen-bond donors (Lipinski definition) is 1. The largest absolute Gasteiger partial charge is 0.326 e. The van der Waals surface area contributed by atoms with Crippen molar-refractivity contribution in [3.8, 4) is 0 Å². The zero-order chi connectivity index (χ0) is 16.1. The normalized spacial score (nSPS) is 12.2. The molecular weight excluding hydrogens is 302 g/mol. The Morgan fingerprint density at radius 2 is 1.83 bits per heavy atom. The Bertz CT molecular complexity index is 745. The highest BCUT2D eigenvalue weighted by Gasteiger charge is 2.22. The molecule has 0 bridgehead atoms. The van der Waals surface area contributed by atoms with Crippen molar-refractivity contribution in [2.75, 3.05) is 5.32 Å². The maximum atomic E-state index is 12.8. The summed E-state index contributed by atoms with van der Waals surface area (Å²) in [4.78, 5) is 14.0. The second kappa shape index (κ2) is 7.42. The quantitative estimate of drug-likeness (QED) is 0.609. The van der Waals surface area contributed by atoms with Gasteiger partial charge in [0, 0.05) is 15.3 Å². The van der Waals surface area contributed by atoms with E-state index in [2.05, 4.69) is 30.4 Å². The first-order valence-corrected chi connectivity index (χ1v) is 8.94. The molecule has 2 aromatic carbocycles. The van der Waals surface area contributed by atoms with E-state index in [1.807, 2.05) is 42.5 Å². The number of thiophene rings is 1. The molecule has 0 aliphatic heterocycles. The molecule has 0 aliphatic rings. The van der Waals surface area contributed by atoms with E-state index in [-0.39, 0.29) is 11.8 Å². The number of fused-ring (bicyclic) bond motifs is 1. The molecule has 118 valence electrons. The molecule has 1 heterocycles. The number of para-hydroxylation sites is 1. The molecule has 0 spiro atoms. The Labute approximate surface area is 141 Å². The molecule has 3 aromatic rings. The van der Waals surface area contributed by atoms with Crippen LogP contribution in [-0.2, 0) is 4.79 Å². The standard InChI is InChI=1S/C20H21NOS/c1-2-3-12-17(20(22)21-16-10-5-4-6-11-16)19-14-15-9-7-8-13-18(15)23-19/h4-11,13-14,17H,2-3,12H2,1H3,(H,21,22)/t17-/m0/s1. The van der Waals surface area contributed by atoms with Gasteiger partial charge in [-0.1, -0.05) is 56.2 Å². The second-order valence-electron chi connectivity index (χ2n) is 5.74. The predicted molar refractivity (Wildman–Crippen MR) is 99.2 cm³/mol. The highest BCUT2D eigenvalue weighted by molar-refractivity contribution is 7.19. The minimum Gasteiger partial charge on any atom is -0.326 e. The lowest BCUT2D eigenvalue weighted by Gasteiger charge is -2.15. The van der Waals surface area contributed by atoms with E-state index in [0.717, 1.165) is 29.8 Å². The van der Waals surface area contributed by atoms with E-state index < -0.39 is 0 Å². The first kappa shape index (κ1) is 15.8. The number of amides is 1. The summed E-state index contributed by atoms with van der Waals surface area (Å²) in [5, 5.41) is 4.29. The van der Waals surface area contributed by atoms with Gasteiger partial charge in [0.2, 0.25) is 5.91 Å². The number of carbonyl (C=O) groups excluding carboxylic acids is 1. The van der Waals surface area contributed by atoms with Gasteiger partial charge >= 0.3 is 0 Å². The van der Waals surface area contributed by atoms with Gasteiger partial charge in [-0.3, -0.25) is 4.79 Å². The molecule has 1 atom stereocenters. The van der Waals surface area contributed by atoms with Gasteiger partial charge in [-0.2, -0.15) is 0 Å². The van der Waals surface area contributed by atoms with Gasteiger partial charge in [0.15, 0.2) is 0 Å². The highest BCUT2D eigenvalue weighted by atomic mass is 32.1. The van der Waals surface area contributed by atoms with E-state index >= 15 is 0 Å². The monoisotopic (exact) mass is 323 g/mol. The fraction of sp³-hybridized carbons (Fsp3) is 0.250. The topological polar surface area (TPSA) is 29.1 Å². The van der Waals surface area contributed by atoms with Gasteiger partial charge in [-0.25, -0.2) is 0 Å². The van der Waals surface area contributed by atoms with Gasteiger partial charge in [0.1, 0.15) is 0 Å². The SMILES string of the molecule is CCCC[C@H](C(=O)Nc1ccccc1)c1cc2ccccc2s1. The van der Waals surface area contributed by atoms with Crippen molar-refractivity contribution in [2.45, 2.75) is 32.1 Å². The lowest BCUT2D eigenvalue weighted by molar-refractivity contribution is -0.117. The van der Waals surface area contributed by atoms with Crippen LogP contribution in [0.2, 0.25) is 0 Å². The van der Waals surface area contributed by atoms with E-state index in [0.29, 0.717) is 0 Å². The van der Waals surface area contributed by atoms with Crippen molar-refractivity contribution in [1.82, 2.24) is 0 Å². The zero-order valence-corrected chi connectivity index (χ0v) is 14.1. The van der Waals surface area contributed by atoms with Crippen molar-refractivity contribution < 1.29 is 4.79 Å². The van der Waals surface area contributed by atoms with E-state index in [9.17, 15) is 4.79 Å². The molecule has 2 nitrogen and oxygen atoms in total. The Hall–Kier alpha value is -2.13. The van der Waals surface area contributed by atoms with Crippen LogP contribution in [0.3, 0.4) is 0 Å². The summed E-state index contributed by atoms with van der Waals surface area (Å²) in [6.45, 7) is 2.16. The van der Waals surface area contributed by atoms with Crippen molar-refractivity contribution in [2.24, 2.45) is 0 Å². The third-order valence-corrected chi connectivity index (χ3v) is 5.22. The number of rotatable bonds is 6. The van der Waals surface area contributed by atoms with Crippen LogP contribution in [0.25, 0.3) is 10.1 Å². The lowest BCUT2D eigenvalue weighted by Crippen LogP contribution is -2.20. The first-order chi connectivity index (χ1) is 11.3. The average Bonchev–Trinajstić information content (AvgIpc) is 2.99. The zero-order valence-electron chi connectivity index (χ0n) is 13.3. The van der Waals surface area contributed by atoms with Gasteiger partial charge < -0.3 is 5.32 Å². The molecule has 3 heteroatoms. The fourth-order valence-electron chi connectivity index (χ4n) is 2.74. The van der Waals surface area contributed by atoms with Crippen LogP contribution in [0, 0.1) is 0 Å². The molecule has 1 N–H and O–H groups in total. The number of nitrogens with one attached hydrogen (secondary N) is 1. The van der Waals surface area contributed by atoms with Gasteiger partial charge in [0.05, 0.1) is 5.92 Å². The summed E-state index contributed by atoms with van der Waals surface area (Å²) in [5.41, 5.74) is 0.861. The molecular formula is C20H21NOS.